The van der Waals surface area contributed by atoms with Gasteiger partial charge in [-0.2, -0.15) is 0 Å². The zero-order chi connectivity index (χ0) is 12.1. The third kappa shape index (κ3) is 2.73. The monoisotopic (exact) mass is 227 g/mol. The van der Waals surface area contributed by atoms with Crippen molar-refractivity contribution in [3.8, 4) is 0 Å². The van der Waals surface area contributed by atoms with E-state index in [2.05, 4.69) is 10.5 Å². The van der Waals surface area contributed by atoms with Crippen LogP contribution in [0.3, 0.4) is 0 Å². The molecule has 0 atom stereocenters. The molecule has 6 heteroatoms. The lowest BCUT2D eigenvalue weighted by atomic mass is 10.3. The van der Waals surface area contributed by atoms with Crippen LogP contribution in [0, 0.1) is 13.8 Å². The summed E-state index contributed by atoms with van der Waals surface area (Å²) in [7, 11) is 3.26. The molecule has 0 aliphatic rings. The summed E-state index contributed by atoms with van der Waals surface area (Å²) in [6, 6.07) is -0.202. The number of aromatic nitrogens is 1. The minimum Gasteiger partial charge on any atom is -0.383 e. The van der Waals surface area contributed by atoms with E-state index in [1.54, 1.807) is 28.0 Å². The molecule has 0 unspecified atom stereocenters. The summed E-state index contributed by atoms with van der Waals surface area (Å²) in [5, 5.41) is 6.51. The maximum absolute atomic E-state index is 11.7. The van der Waals surface area contributed by atoms with Gasteiger partial charge in [0.2, 0.25) is 0 Å². The fourth-order valence-corrected chi connectivity index (χ4v) is 1.44. The minimum atomic E-state index is -0.202. The van der Waals surface area contributed by atoms with Crippen molar-refractivity contribution in [3.63, 3.8) is 0 Å². The molecule has 0 aromatic carbocycles. The number of nitrogens with one attached hydrogen (secondary N) is 1. The third-order valence-corrected chi connectivity index (χ3v) is 2.22. The highest BCUT2D eigenvalue weighted by atomic mass is 16.5. The van der Waals surface area contributed by atoms with E-state index >= 15 is 0 Å². The van der Waals surface area contributed by atoms with E-state index in [9.17, 15) is 4.79 Å². The molecule has 0 aliphatic carbocycles. The Morgan fingerprint density at radius 2 is 2.25 bits per heavy atom. The van der Waals surface area contributed by atoms with Crippen molar-refractivity contribution in [3.05, 3.63) is 11.5 Å². The number of rotatable bonds is 4. The lowest BCUT2D eigenvalue weighted by Gasteiger charge is -2.17. The molecule has 0 radical (unpaired) electrons. The van der Waals surface area contributed by atoms with Crippen molar-refractivity contribution in [2.45, 2.75) is 13.8 Å². The fraction of sp³-hybridized carbons (Fsp3) is 0.600. The minimum absolute atomic E-state index is 0.202. The van der Waals surface area contributed by atoms with Crippen molar-refractivity contribution in [1.29, 1.82) is 0 Å². The lowest BCUT2D eigenvalue weighted by molar-refractivity contribution is 0.197. The average molecular weight is 227 g/mol. The molecule has 1 heterocycles. The number of carbonyl (C=O) groups is 1. The number of aryl methyl sites for hydroxylation is 2. The molecule has 0 saturated carbocycles. The molecule has 1 aromatic heterocycles. The standard InChI is InChI=1S/C10H17N3O3/c1-7-9(8(2)16-12-7)13(3)10(14)11-5-6-15-4/h5-6H2,1-4H3,(H,11,14). The van der Waals surface area contributed by atoms with Crippen LogP contribution in [0.15, 0.2) is 4.52 Å². The van der Waals surface area contributed by atoms with Gasteiger partial charge in [-0.3, -0.25) is 4.90 Å². The van der Waals surface area contributed by atoms with E-state index in [4.69, 9.17) is 9.26 Å². The predicted octanol–water partition coefficient (Wildman–Crippen LogP) is 1.08. The van der Waals surface area contributed by atoms with E-state index in [0.29, 0.717) is 30.3 Å². The van der Waals surface area contributed by atoms with Gasteiger partial charge in [0.1, 0.15) is 11.4 Å². The normalized spacial score (nSPS) is 10.2. The Labute approximate surface area is 94.5 Å². The zero-order valence-corrected chi connectivity index (χ0v) is 10.0. The van der Waals surface area contributed by atoms with E-state index in [-0.39, 0.29) is 6.03 Å². The maximum atomic E-state index is 11.7. The molecule has 0 fully saturated rings. The van der Waals surface area contributed by atoms with Crippen LogP contribution in [0.2, 0.25) is 0 Å². The second kappa shape index (κ2) is 5.50. The first-order valence-electron chi connectivity index (χ1n) is 5.01. The van der Waals surface area contributed by atoms with Crippen molar-refractivity contribution < 1.29 is 14.1 Å². The lowest BCUT2D eigenvalue weighted by Crippen LogP contribution is -2.39. The smallest absolute Gasteiger partial charge is 0.321 e. The summed E-state index contributed by atoms with van der Waals surface area (Å²) in [5.74, 6) is 0.627. The van der Waals surface area contributed by atoms with Gasteiger partial charge in [0.25, 0.3) is 0 Å². The fourth-order valence-electron chi connectivity index (χ4n) is 1.44. The second-order valence-electron chi connectivity index (χ2n) is 3.46. The number of urea groups is 1. The Hall–Kier alpha value is -1.56. The Kier molecular flexibility index (Phi) is 4.30. The summed E-state index contributed by atoms with van der Waals surface area (Å²) < 4.78 is 9.84. The van der Waals surface area contributed by atoms with Crippen LogP contribution in [0.4, 0.5) is 10.5 Å². The Bertz CT molecular complexity index is 343. The topological polar surface area (TPSA) is 67.6 Å². The largest absolute Gasteiger partial charge is 0.383 e. The molecular weight excluding hydrogens is 210 g/mol. The first-order valence-corrected chi connectivity index (χ1v) is 5.01. The van der Waals surface area contributed by atoms with Gasteiger partial charge in [0.15, 0.2) is 5.76 Å². The first kappa shape index (κ1) is 12.5. The first-order chi connectivity index (χ1) is 7.57. The average Bonchev–Trinajstić information content (AvgIpc) is 2.58. The second-order valence-corrected chi connectivity index (χ2v) is 3.46. The number of hydrogen-bond acceptors (Lipinski definition) is 4. The predicted molar refractivity (Wildman–Crippen MR) is 59.7 cm³/mol. The number of anilines is 1. The maximum Gasteiger partial charge on any atom is 0.321 e. The number of nitrogens with zero attached hydrogens (tertiary/aromatic N) is 2. The van der Waals surface area contributed by atoms with E-state index < -0.39 is 0 Å². The summed E-state index contributed by atoms with van der Waals surface area (Å²) >= 11 is 0. The van der Waals surface area contributed by atoms with Crippen LogP contribution in [-0.4, -0.2) is 38.5 Å². The molecule has 1 N–H and O–H groups in total. The van der Waals surface area contributed by atoms with Crippen molar-refractivity contribution in [2.24, 2.45) is 0 Å². The molecule has 2 amide bonds. The quantitative estimate of drug-likeness (QED) is 0.782. The molecule has 0 saturated heterocycles. The van der Waals surface area contributed by atoms with Gasteiger partial charge in [0.05, 0.1) is 6.61 Å². The van der Waals surface area contributed by atoms with Gasteiger partial charge in [0, 0.05) is 20.7 Å². The van der Waals surface area contributed by atoms with E-state index in [1.165, 1.54) is 4.90 Å². The van der Waals surface area contributed by atoms with Gasteiger partial charge >= 0.3 is 6.03 Å². The van der Waals surface area contributed by atoms with Crippen LogP contribution in [0.5, 0.6) is 0 Å². The van der Waals surface area contributed by atoms with Crippen LogP contribution >= 0.6 is 0 Å². The van der Waals surface area contributed by atoms with Crippen LogP contribution < -0.4 is 10.2 Å². The van der Waals surface area contributed by atoms with Gasteiger partial charge in [-0.05, 0) is 13.8 Å². The Balaban J connectivity index is 2.63. The molecule has 6 nitrogen and oxygen atoms in total. The summed E-state index contributed by atoms with van der Waals surface area (Å²) in [5.41, 5.74) is 1.40. The summed E-state index contributed by atoms with van der Waals surface area (Å²) in [6.07, 6.45) is 0. The van der Waals surface area contributed by atoms with Crippen LogP contribution in [0.25, 0.3) is 0 Å². The highest BCUT2D eigenvalue weighted by Gasteiger charge is 2.18. The van der Waals surface area contributed by atoms with Crippen LogP contribution in [0.1, 0.15) is 11.5 Å². The molecule has 16 heavy (non-hydrogen) atoms. The molecule has 0 aliphatic heterocycles. The number of methoxy groups -OCH3 is 1. The molecular formula is C10H17N3O3. The molecule has 90 valence electrons. The van der Waals surface area contributed by atoms with E-state index in [0.717, 1.165) is 0 Å². The SMILES string of the molecule is COCCNC(=O)N(C)c1c(C)noc1C. The number of hydrogen-bond donors (Lipinski definition) is 1. The molecule has 0 bridgehead atoms. The zero-order valence-electron chi connectivity index (χ0n) is 10.0. The third-order valence-electron chi connectivity index (χ3n) is 2.22. The van der Waals surface area contributed by atoms with Gasteiger partial charge in [-0.1, -0.05) is 5.16 Å². The Morgan fingerprint density at radius 1 is 1.56 bits per heavy atom. The van der Waals surface area contributed by atoms with Gasteiger partial charge in [-0.25, -0.2) is 4.79 Å². The number of carbonyl (C=O) groups excluding carboxylic acids is 1. The molecule has 1 aromatic rings. The highest BCUT2D eigenvalue weighted by molar-refractivity contribution is 5.92. The summed E-state index contributed by atoms with van der Waals surface area (Å²) in [6.45, 7) is 4.53. The van der Waals surface area contributed by atoms with Crippen LogP contribution in [-0.2, 0) is 4.74 Å². The molecule has 0 spiro atoms. The van der Waals surface area contributed by atoms with Crippen molar-refractivity contribution in [1.82, 2.24) is 10.5 Å². The van der Waals surface area contributed by atoms with E-state index in [1.807, 2.05) is 0 Å². The number of ether oxygens (including phenoxy) is 1. The highest BCUT2D eigenvalue weighted by Crippen LogP contribution is 2.22. The summed E-state index contributed by atoms with van der Waals surface area (Å²) in [4.78, 5) is 13.2. The van der Waals surface area contributed by atoms with Crippen molar-refractivity contribution in [2.75, 3.05) is 32.2 Å². The van der Waals surface area contributed by atoms with Gasteiger partial charge < -0.3 is 14.6 Å². The number of amides is 2. The molecule has 1 rings (SSSR count). The van der Waals surface area contributed by atoms with Crippen molar-refractivity contribution >= 4 is 11.7 Å². The van der Waals surface area contributed by atoms with Gasteiger partial charge in [-0.15, -0.1) is 0 Å². The Morgan fingerprint density at radius 3 is 2.75 bits per heavy atom.